The molecule has 1 aliphatic heterocycles. The maximum atomic E-state index is 3.85. The highest BCUT2D eigenvalue weighted by molar-refractivity contribution is 4.88. The molecule has 0 N–H and O–H groups in total. The molecule has 0 spiro atoms. The second-order valence-electron chi connectivity index (χ2n) is 12.6. The summed E-state index contributed by atoms with van der Waals surface area (Å²) in [6.07, 6.45) is 14.4. The lowest BCUT2D eigenvalue weighted by atomic mass is 9.71. The molecule has 190 valence electrons. The zero-order chi connectivity index (χ0) is 24.3. The fourth-order valence-corrected chi connectivity index (χ4v) is 6.17. The largest absolute Gasteiger partial charge is 0.300 e. The number of hydrogen-bond donors (Lipinski definition) is 0. The summed E-state index contributed by atoms with van der Waals surface area (Å²) in [5.41, 5.74) is 0. The van der Waals surface area contributed by atoms with E-state index < -0.39 is 0 Å². The van der Waals surface area contributed by atoms with Gasteiger partial charge in [0.15, 0.2) is 0 Å². The SMILES string of the molecule is C=CCCCCC(C)CCCC(C)CC(C(C)C(C)C(C)C)C(C)N1CCC(C(C)C)C1. The number of allylic oxidation sites excluding steroid dienone is 1. The number of rotatable bonds is 17. The van der Waals surface area contributed by atoms with Gasteiger partial charge in [-0.05, 0) is 86.5 Å². The lowest BCUT2D eigenvalue weighted by molar-refractivity contribution is 0.0849. The molecular weight excluding hydrogens is 386 g/mol. The van der Waals surface area contributed by atoms with Crippen molar-refractivity contribution >= 4 is 0 Å². The van der Waals surface area contributed by atoms with Crippen molar-refractivity contribution in [3.8, 4) is 0 Å². The van der Waals surface area contributed by atoms with Gasteiger partial charge in [0.25, 0.3) is 0 Å². The van der Waals surface area contributed by atoms with Gasteiger partial charge in [-0.2, -0.15) is 0 Å². The van der Waals surface area contributed by atoms with Crippen molar-refractivity contribution in [3.05, 3.63) is 12.7 Å². The summed E-state index contributed by atoms with van der Waals surface area (Å²) >= 11 is 0. The maximum Gasteiger partial charge on any atom is 0.00980 e. The second-order valence-corrected chi connectivity index (χ2v) is 12.6. The van der Waals surface area contributed by atoms with E-state index in [4.69, 9.17) is 0 Å². The summed E-state index contributed by atoms with van der Waals surface area (Å²) in [5.74, 6) is 6.67. The van der Waals surface area contributed by atoms with Gasteiger partial charge in [0, 0.05) is 12.6 Å². The average Bonchev–Trinajstić information content (AvgIpc) is 3.24. The van der Waals surface area contributed by atoms with E-state index in [2.05, 4.69) is 79.9 Å². The van der Waals surface area contributed by atoms with Gasteiger partial charge in [-0.1, -0.05) is 93.6 Å². The Morgan fingerprint density at radius 3 is 2.00 bits per heavy atom. The van der Waals surface area contributed by atoms with Crippen molar-refractivity contribution in [1.82, 2.24) is 4.90 Å². The molecule has 0 aromatic carbocycles. The number of nitrogens with zero attached hydrogens (tertiary/aromatic N) is 1. The summed E-state index contributed by atoms with van der Waals surface area (Å²) in [7, 11) is 0. The van der Waals surface area contributed by atoms with Crippen LogP contribution in [-0.2, 0) is 0 Å². The minimum atomic E-state index is 0.723. The highest BCUT2D eigenvalue weighted by atomic mass is 15.2. The normalized spacial score (nSPS) is 23.3. The van der Waals surface area contributed by atoms with Crippen LogP contribution in [0.25, 0.3) is 0 Å². The lowest BCUT2D eigenvalue weighted by Crippen LogP contribution is -2.42. The molecule has 0 aromatic heterocycles. The zero-order valence-electron chi connectivity index (χ0n) is 23.7. The van der Waals surface area contributed by atoms with Crippen molar-refractivity contribution in [2.45, 2.75) is 126 Å². The molecule has 1 fully saturated rings. The van der Waals surface area contributed by atoms with E-state index in [0.29, 0.717) is 0 Å². The molecule has 1 heterocycles. The van der Waals surface area contributed by atoms with Gasteiger partial charge in [0.1, 0.15) is 0 Å². The summed E-state index contributed by atoms with van der Waals surface area (Å²) in [4.78, 5) is 2.86. The smallest absolute Gasteiger partial charge is 0.00980 e. The molecule has 0 saturated carbocycles. The van der Waals surface area contributed by atoms with E-state index in [0.717, 1.165) is 53.4 Å². The Hall–Kier alpha value is -0.300. The van der Waals surface area contributed by atoms with E-state index in [-0.39, 0.29) is 0 Å². The zero-order valence-corrected chi connectivity index (χ0v) is 23.7. The van der Waals surface area contributed by atoms with Gasteiger partial charge >= 0.3 is 0 Å². The standard InChI is InChI=1S/C31H61N/c1-11-12-13-14-16-25(6)17-15-18-26(7)21-31(28(9)27(8)23(2)3)29(10)32-20-19-30(22-32)24(4)5/h11,23-31H,1,12-22H2,2-10H3. The van der Waals surface area contributed by atoms with Crippen LogP contribution in [0.4, 0.5) is 0 Å². The number of hydrogen-bond acceptors (Lipinski definition) is 1. The molecular formula is C31H61N. The van der Waals surface area contributed by atoms with Crippen LogP contribution >= 0.6 is 0 Å². The Balaban J connectivity index is 2.62. The van der Waals surface area contributed by atoms with E-state index in [9.17, 15) is 0 Å². The predicted molar refractivity (Wildman–Crippen MR) is 146 cm³/mol. The third-order valence-corrected chi connectivity index (χ3v) is 9.37. The first-order valence-corrected chi connectivity index (χ1v) is 14.4. The van der Waals surface area contributed by atoms with Gasteiger partial charge in [0.2, 0.25) is 0 Å². The topological polar surface area (TPSA) is 3.24 Å². The van der Waals surface area contributed by atoms with Gasteiger partial charge < -0.3 is 4.90 Å². The third kappa shape index (κ3) is 10.3. The molecule has 0 amide bonds. The maximum absolute atomic E-state index is 3.85. The first kappa shape index (κ1) is 29.7. The minimum absolute atomic E-state index is 0.723. The summed E-state index contributed by atoms with van der Waals surface area (Å²) in [6, 6.07) is 0.723. The van der Waals surface area contributed by atoms with Crippen molar-refractivity contribution in [1.29, 1.82) is 0 Å². The van der Waals surface area contributed by atoms with Crippen molar-refractivity contribution in [2.75, 3.05) is 13.1 Å². The van der Waals surface area contributed by atoms with Gasteiger partial charge in [0.05, 0.1) is 0 Å². The van der Waals surface area contributed by atoms with Crippen molar-refractivity contribution in [2.24, 2.45) is 47.3 Å². The first-order valence-electron chi connectivity index (χ1n) is 14.4. The molecule has 0 radical (unpaired) electrons. The average molecular weight is 448 g/mol. The Kier molecular flexibility index (Phi) is 14.5. The summed E-state index contributed by atoms with van der Waals surface area (Å²) in [5, 5.41) is 0. The van der Waals surface area contributed by atoms with Crippen LogP contribution in [0.3, 0.4) is 0 Å². The van der Waals surface area contributed by atoms with Crippen LogP contribution in [0, 0.1) is 47.3 Å². The van der Waals surface area contributed by atoms with Gasteiger partial charge in [-0.15, -0.1) is 6.58 Å². The fraction of sp³-hybridized carbons (Fsp3) is 0.935. The van der Waals surface area contributed by atoms with E-state index in [1.807, 2.05) is 0 Å². The highest BCUT2D eigenvalue weighted by Crippen LogP contribution is 2.38. The molecule has 0 aliphatic carbocycles. The predicted octanol–water partition coefficient (Wildman–Crippen LogP) is 9.48. The monoisotopic (exact) mass is 447 g/mol. The lowest BCUT2D eigenvalue weighted by Gasteiger charge is -2.40. The molecule has 32 heavy (non-hydrogen) atoms. The van der Waals surface area contributed by atoms with Crippen molar-refractivity contribution in [3.63, 3.8) is 0 Å². The Morgan fingerprint density at radius 1 is 0.812 bits per heavy atom. The van der Waals surface area contributed by atoms with Gasteiger partial charge in [-0.25, -0.2) is 0 Å². The third-order valence-electron chi connectivity index (χ3n) is 9.37. The molecule has 1 aliphatic rings. The first-order chi connectivity index (χ1) is 15.1. The van der Waals surface area contributed by atoms with E-state index in [1.165, 1.54) is 70.9 Å². The Morgan fingerprint density at radius 2 is 1.44 bits per heavy atom. The van der Waals surface area contributed by atoms with Crippen LogP contribution in [0.15, 0.2) is 12.7 Å². The van der Waals surface area contributed by atoms with E-state index >= 15 is 0 Å². The molecule has 1 rings (SSSR count). The van der Waals surface area contributed by atoms with Crippen LogP contribution in [0.1, 0.15) is 120 Å². The van der Waals surface area contributed by atoms with Crippen molar-refractivity contribution < 1.29 is 0 Å². The molecule has 7 atom stereocenters. The number of unbranched alkanes of at least 4 members (excludes halogenated alkanes) is 2. The molecule has 0 aromatic rings. The molecule has 0 bridgehead atoms. The second kappa shape index (κ2) is 15.6. The minimum Gasteiger partial charge on any atom is -0.300 e. The Labute approximate surface area is 204 Å². The Bertz CT molecular complexity index is 481. The number of likely N-dealkylation sites (tertiary alicyclic amines) is 1. The van der Waals surface area contributed by atoms with Crippen LogP contribution in [0.2, 0.25) is 0 Å². The molecule has 1 saturated heterocycles. The molecule has 1 nitrogen and oxygen atoms in total. The highest BCUT2D eigenvalue weighted by Gasteiger charge is 2.36. The summed E-state index contributed by atoms with van der Waals surface area (Å²) in [6.45, 7) is 28.8. The van der Waals surface area contributed by atoms with Crippen LogP contribution in [0.5, 0.6) is 0 Å². The molecule has 1 heteroatoms. The summed E-state index contributed by atoms with van der Waals surface area (Å²) < 4.78 is 0. The van der Waals surface area contributed by atoms with Gasteiger partial charge in [-0.3, -0.25) is 0 Å². The molecule has 7 unspecified atom stereocenters. The van der Waals surface area contributed by atoms with E-state index in [1.54, 1.807) is 0 Å². The van der Waals surface area contributed by atoms with Crippen LogP contribution < -0.4 is 0 Å². The quantitative estimate of drug-likeness (QED) is 0.158. The fourth-order valence-electron chi connectivity index (χ4n) is 6.17. The van der Waals surface area contributed by atoms with Crippen LogP contribution in [-0.4, -0.2) is 24.0 Å².